The molecule has 1 unspecified atom stereocenters. The third-order valence-corrected chi connectivity index (χ3v) is 4.52. The Hall–Kier alpha value is -1.02. The lowest BCUT2D eigenvalue weighted by Gasteiger charge is -2.23. The standard InChI is InChI=1S/C12H17FN2O3S/c1-9-6-10(13)2-3-12(9)19(16,17)15-8-11-7-14-4-5-18-11/h2-3,6,11,14-15H,4-5,7-8H2,1H3. The highest BCUT2D eigenvalue weighted by atomic mass is 32.2. The number of benzene rings is 1. The fourth-order valence-corrected chi connectivity index (χ4v) is 3.24. The summed E-state index contributed by atoms with van der Waals surface area (Å²) in [4.78, 5) is 0.0951. The Morgan fingerprint density at radius 2 is 2.32 bits per heavy atom. The van der Waals surface area contributed by atoms with Crippen molar-refractivity contribution in [1.82, 2.24) is 10.0 Å². The molecule has 0 bridgehead atoms. The van der Waals surface area contributed by atoms with E-state index in [0.717, 1.165) is 12.6 Å². The molecule has 1 saturated heterocycles. The second-order valence-corrected chi connectivity index (χ2v) is 6.19. The first-order valence-electron chi connectivity index (χ1n) is 6.07. The summed E-state index contributed by atoms with van der Waals surface area (Å²) >= 11 is 0. The van der Waals surface area contributed by atoms with Crippen molar-refractivity contribution in [3.8, 4) is 0 Å². The van der Waals surface area contributed by atoms with Crippen LogP contribution in [-0.4, -0.2) is 40.8 Å². The zero-order valence-electron chi connectivity index (χ0n) is 10.6. The molecule has 0 aliphatic carbocycles. The van der Waals surface area contributed by atoms with E-state index in [-0.39, 0.29) is 17.5 Å². The molecule has 0 radical (unpaired) electrons. The molecule has 0 saturated carbocycles. The minimum absolute atomic E-state index is 0.0951. The summed E-state index contributed by atoms with van der Waals surface area (Å²) in [6, 6.07) is 3.61. The number of ether oxygens (including phenoxy) is 1. The van der Waals surface area contributed by atoms with E-state index in [0.29, 0.717) is 18.7 Å². The molecule has 0 aromatic heterocycles. The summed E-state index contributed by atoms with van der Waals surface area (Å²) in [5.41, 5.74) is 0.384. The van der Waals surface area contributed by atoms with Gasteiger partial charge in [0.15, 0.2) is 0 Å². The van der Waals surface area contributed by atoms with Crippen LogP contribution < -0.4 is 10.0 Å². The number of sulfonamides is 1. The van der Waals surface area contributed by atoms with Gasteiger partial charge in [-0.05, 0) is 30.7 Å². The second-order valence-electron chi connectivity index (χ2n) is 4.46. The van der Waals surface area contributed by atoms with Crippen molar-refractivity contribution in [2.75, 3.05) is 26.2 Å². The predicted octanol–water partition coefficient (Wildman–Crippen LogP) is 0.401. The van der Waals surface area contributed by atoms with Gasteiger partial charge in [-0.2, -0.15) is 0 Å². The molecule has 1 aliphatic heterocycles. The molecule has 1 aliphatic rings. The zero-order valence-corrected chi connectivity index (χ0v) is 11.5. The van der Waals surface area contributed by atoms with E-state index in [1.165, 1.54) is 12.1 Å². The van der Waals surface area contributed by atoms with Crippen molar-refractivity contribution >= 4 is 10.0 Å². The summed E-state index contributed by atoms with van der Waals surface area (Å²) in [7, 11) is -3.63. The summed E-state index contributed by atoms with van der Waals surface area (Å²) in [6.07, 6.45) is -0.177. The van der Waals surface area contributed by atoms with Crippen molar-refractivity contribution < 1.29 is 17.5 Å². The summed E-state index contributed by atoms with van der Waals surface area (Å²) < 4.78 is 45.1. The first-order valence-corrected chi connectivity index (χ1v) is 7.55. The normalized spacial score (nSPS) is 20.4. The van der Waals surface area contributed by atoms with E-state index >= 15 is 0 Å². The first kappa shape index (κ1) is 14.4. The van der Waals surface area contributed by atoms with Crippen LogP contribution in [0.5, 0.6) is 0 Å². The van der Waals surface area contributed by atoms with Crippen LogP contribution in [0.15, 0.2) is 23.1 Å². The van der Waals surface area contributed by atoms with Crippen molar-refractivity contribution in [2.24, 2.45) is 0 Å². The summed E-state index contributed by atoms with van der Waals surface area (Å²) in [5, 5.41) is 3.12. The van der Waals surface area contributed by atoms with Crippen LogP contribution in [0.1, 0.15) is 5.56 Å². The number of rotatable bonds is 4. The molecule has 19 heavy (non-hydrogen) atoms. The van der Waals surface area contributed by atoms with E-state index in [2.05, 4.69) is 10.0 Å². The molecular formula is C12H17FN2O3S. The van der Waals surface area contributed by atoms with Crippen LogP contribution in [0.3, 0.4) is 0 Å². The smallest absolute Gasteiger partial charge is 0.240 e. The number of morpholine rings is 1. The fraction of sp³-hybridized carbons (Fsp3) is 0.500. The van der Waals surface area contributed by atoms with Crippen LogP contribution in [0.25, 0.3) is 0 Å². The molecule has 0 spiro atoms. The van der Waals surface area contributed by atoms with Gasteiger partial charge in [0.2, 0.25) is 10.0 Å². The topological polar surface area (TPSA) is 67.4 Å². The molecule has 0 amide bonds. The quantitative estimate of drug-likeness (QED) is 0.841. The van der Waals surface area contributed by atoms with E-state index in [4.69, 9.17) is 4.74 Å². The molecule has 1 heterocycles. The molecule has 2 rings (SSSR count). The van der Waals surface area contributed by atoms with Crippen molar-refractivity contribution in [1.29, 1.82) is 0 Å². The first-order chi connectivity index (χ1) is 8.99. The maximum atomic E-state index is 13.0. The molecule has 1 aromatic carbocycles. The highest BCUT2D eigenvalue weighted by molar-refractivity contribution is 7.89. The molecule has 1 fully saturated rings. The molecule has 2 N–H and O–H groups in total. The number of aryl methyl sites for hydroxylation is 1. The van der Waals surface area contributed by atoms with Crippen molar-refractivity contribution in [2.45, 2.75) is 17.9 Å². The van der Waals surface area contributed by atoms with Gasteiger partial charge in [-0.3, -0.25) is 0 Å². The molecule has 7 heteroatoms. The van der Waals surface area contributed by atoms with Gasteiger partial charge in [0.1, 0.15) is 5.82 Å². The molecule has 1 atom stereocenters. The van der Waals surface area contributed by atoms with Crippen LogP contribution in [-0.2, 0) is 14.8 Å². The Morgan fingerprint density at radius 3 is 2.95 bits per heavy atom. The number of nitrogens with one attached hydrogen (secondary N) is 2. The molecule has 106 valence electrons. The molecule has 5 nitrogen and oxygen atoms in total. The minimum Gasteiger partial charge on any atom is -0.374 e. The highest BCUT2D eigenvalue weighted by Gasteiger charge is 2.20. The van der Waals surface area contributed by atoms with E-state index in [9.17, 15) is 12.8 Å². The lowest BCUT2D eigenvalue weighted by atomic mass is 10.2. The summed E-state index contributed by atoms with van der Waals surface area (Å²) in [5.74, 6) is -0.448. The minimum atomic E-state index is -3.63. The highest BCUT2D eigenvalue weighted by Crippen LogP contribution is 2.15. The molecular weight excluding hydrogens is 271 g/mol. The fourth-order valence-electron chi connectivity index (χ4n) is 1.95. The van der Waals surface area contributed by atoms with Crippen molar-refractivity contribution in [3.05, 3.63) is 29.6 Å². The average molecular weight is 288 g/mol. The van der Waals surface area contributed by atoms with Gasteiger partial charge in [0.05, 0.1) is 17.6 Å². The molecule has 1 aromatic rings. The van der Waals surface area contributed by atoms with Gasteiger partial charge in [-0.25, -0.2) is 17.5 Å². The Morgan fingerprint density at radius 1 is 1.53 bits per heavy atom. The third kappa shape index (κ3) is 3.73. The van der Waals surface area contributed by atoms with Gasteiger partial charge in [0.25, 0.3) is 0 Å². The predicted molar refractivity (Wildman–Crippen MR) is 68.9 cm³/mol. The Balaban J connectivity index is 2.05. The maximum Gasteiger partial charge on any atom is 0.240 e. The van der Waals surface area contributed by atoms with E-state index in [1.807, 2.05) is 0 Å². The number of hydrogen-bond donors (Lipinski definition) is 2. The Labute approximate surface area is 112 Å². The monoisotopic (exact) mass is 288 g/mol. The second kappa shape index (κ2) is 5.96. The van der Waals surface area contributed by atoms with Gasteiger partial charge >= 0.3 is 0 Å². The maximum absolute atomic E-state index is 13.0. The number of hydrogen-bond acceptors (Lipinski definition) is 4. The van der Waals surface area contributed by atoms with Gasteiger partial charge < -0.3 is 10.1 Å². The number of halogens is 1. The lowest BCUT2D eigenvalue weighted by Crippen LogP contribution is -2.45. The van der Waals surface area contributed by atoms with Crippen LogP contribution in [0.2, 0.25) is 0 Å². The Kier molecular flexibility index (Phi) is 4.51. The Bertz CT molecular complexity index is 542. The van der Waals surface area contributed by atoms with Crippen LogP contribution in [0.4, 0.5) is 4.39 Å². The summed E-state index contributed by atoms with van der Waals surface area (Å²) in [6.45, 7) is 3.73. The largest absolute Gasteiger partial charge is 0.374 e. The van der Waals surface area contributed by atoms with Gasteiger partial charge in [-0.1, -0.05) is 0 Å². The van der Waals surface area contributed by atoms with E-state index in [1.54, 1.807) is 6.92 Å². The SMILES string of the molecule is Cc1cc(F)ccc1S(=O)(=O)NCC1CNCCO1. The van der Waals surface area contributed by atoms with Gasteiger partial charge in [0, 0.05) is 19.6 Å². The average Bonchev–Trinajstić information content (AvgIpc) is 2.37. The lowest BCUT2D eigenvalue weighted by molar-refractivity contribution is 0.0324. The van der Waals surface area contributed by atoms with E-state index < -0.39 is 15.8 Å². The van der Waals surface area contributed by atoms with Crippen molar-refractivity contribution in [3.63, 3.8) is 0 Å². The van der Waals surface area contributed by atoms with Crippen LogP contribution >= 0.6 is 0 Å². The third-order valence-electron chi connectivity index (χ3n) is 2.93. The van der Waals surface area contributed by atoms with Gasteiger partial charge in [-0.15, -0.1) is 0 Å². The zero-order chi connectivity index (χ0) is 13.9. The van der Waals surface area contributed by atoms with Crippen LogP contribution in [0, 0.1) is 12.7 Å².